The molecule has 2 aromatic heterocycles. The first-order valence-corrected chi connectivity index (χ1v) is 6.28. The second-order valence-electron chi connectivity index (χ2n) is 4.77. The number of hydrogen-bond donors (Lipinski definition) is 4. The number of anilines is 1. The molecule has 0 spiro atoms. The summed E-state index contributed by atoms with van der Waals surface area (Å²) in [4.78, 5) is 19.9. The van der Waals surface area contributed by atoms with Gasteiger partial charge in [0, 0.05) is 6.07 Å². The number of hydrogen-bond acceptors (Lipinski definition) is 8. The minimum atomic E-state index is -1.37. The van der Waals surface area contributed by atoms with E-state index >= 15 is 0 Å². The number of rotatable bonds is 2. The molecule has 112 valence electrons. The van der Waals surface area contributed by atoms with Gasteiger partial charge >= 0.3 is 0 Å². The fraction of sp³-hybridized carbons (Fsp3) is 0.417. The van der Waals surface area contributed by atoms with E-state index in [2.05, 4.69) is 9.97 Å². The first kappa shape index (κ1) is 13.9. The van der Waals surface area contributed by atoms with E-state index < -0.39 is 36.7 Å². The number of fused-ring (bicyclic) bond motifs is 1. The Morgan fingerprint density at radius 2 is 2.05 bits per heavy atom. The van der Waals surface area contributed by atoms with Gasteiger partial charge in [-0.25, -0.2) is 9.97 Å². The summed E-state index contributed by atoms with van der Waals surface area (Å²) in [5.74, 6) is 0.181. The van der Waals surface area contributed by atoms with Crippen molar-refractivity contribution in [2.75, 3.05) is 12.3 Å². The normalized spacial score (nSPS) is 29.1. The number of ether oxygens (including phenoxy) is 1. The molecule has 3 heterocycles. The molecule has 21 heavy (non-hydrogen) atoms. The van der Waals surface area contributed by atoms with Crippen LogP contribution in [-0.2, 0) is 4.74 Å². The van der Waals surface area contributed by atoms with Gasteiger partial charge in [0.15, 0.2) is 11.9 Å². The Bertz CT molecular complexity index is 733. The minimum Gasteiger partial charge on any atom is -0.394 e. The van der Waals surface area contributed by atoms with Crippen LogP contribution in [0.15, 0.2) is 23.3 Å². The number of aliphatic hydroxyl groups excluding tert-OH is 3. The van der Waals surface area contributed by atoms with Crippen LogP contribution in [0.5, 0.6) is 0 Å². The summed E-state index contributed by atoms with van der Waals surface area (Å²) in [6, 6.07) is 2.72. The fourth-order valence-corrected chi connectivity index (χ4v) is 2.43. The van der Waals surface area contributed by atoms with Crippen molar-refractivity contribution in [2.45, 2.75) is 24.5 Å². The molecule has 2 aromatic rings. The quantitative estimate of drug-likeness (QED) is 0.497. The Kier molecular flexibility index (Phi) is 3.33. The molecule has 5 N–H and O–H groups in total. The number of aliphatic hydroxyl groups is 3. The van der Waals surface area contributed by atoms with E-state index in [-0.39, 0.29) is 11.5 Å². The van der Waals surface area contributed by atoms with E-state index in [9.17, 15) is 15.0 Å². The molecule has 0 aliphatic carbocycles. The van der Waals surface area contributed by atoms with E-state index in [1.807, 2.05) is 0 Å². The third kappa shape index (κ3) is 2.07. The summed E-state index contributed by atoms with van der Waals surface area (Å²) in [6.07, 6.45) is -3.63. The number of nitrogens with two attached hydrogens (primary N) is 1. The van der Waals surface area contributed by atoms with Gasteiger partial charge in [0.2, 0.25) is 0 Å². The fourth-order valence-electron chi connectivity index (χ4n) is 2.43. The monoisotopic (exact) mass is 294 g/mol. The number of nitrogens with zero attached hydrogens (tertiary/aromatic N) is 3. The lowest BCUT2D eigenvalue weighted by molar-refractivity contribution is -0.0524. The first-order chi connectivity index (χ1) is 10.0. The van der Waals surface area contributed by atoms with Gasteiger partial charge in [-0.2, -0.15) is 0 Å². The largest absolute Gasteiger partial charge is 0.394 e. The SMILES string of the molecule is Nc1ncnc2c1ccc(=O)n2C1OC(CO)C(O)C1O. The van der Waals surface area contributed by atoms with Crippen molar-refractivity contribution in [3.63, 3.8) is 0 Å². The summed E-state index contributed by atoms with van der Waals surface area (Å²) >= 11 is 0. The maximum Gasteiger partial charge on any atom is 0.254 e. The third-order valence-corrected chi connectivity index (χ3v) is 3.52. The zero-order valence-electron chi connectivity index (χ0n) is 10.8. The van der Waals surface area contributed by atoms with Crippen molar-refractivity contribution in [1.82, 2.24) is 14.5 Å². The summed E-state index contributed by atoms with van der Waals surface area (Å²) in [6.45, 7) is -0.481. The Morgan fingerprint density at radius 3 is 2.71 bits per heavy atom. The van der Waals surface area contributed by atoms with Crippen LogP contribution in [-0.4, -0.2) is 54.8 Å². The van der Waals surface area contributed by atoms with Crippen molar-refractivity contribution in [2.24, 2.45) is 0 Å². The Morgan fingerprint density at radius 1 is 1.29 bits per heavy atom. The molecule has 4 unspecified atom stereocenters. The highest BCUT2D eigenvalue weighted by Crippen LogP contribution is 2.30. The molecule has 0 saturated carbocycles. The van der Waals surface area contributed by atoms with Gasteiger partial charge in [0.25, 0.3) is 5.56 Å². The Labute approximate surface area is 118 Å². The van der Waals surface area contributed by atoms with Crippen LogP contribution < -0.4 is 11.3 Å². The maximum absolute atomic E-state index is 12.1. The van der Waals surface area contributed by atoms with Crippen molar-refractivity contribution in [3.05, 3.63) is 28.8 Å². The average molecular weight is 294 g/mol. The highest BCUT2D eigenvalue weighted by atomic mass is 16.6. The molecule has 3 rings (SSSR count). The van der Waals surface area contributed by atoms with Gasteiger partial charge in [0.1, 0.15) is 30.5 Å². The topological polar surface area (TPSA) is 144 Å². The predicted octanol–water partition coefficient (Wildman–Crippen LogP) is -2.01. The van der Waals surface area contributed by atoms with Crippen molar-refractivity contribution in [1.29, 1.82) is 0 Å². The van der Waals surface area contributed by atoms with Gasteiger partial charge < -0.3 is 25.8 Å². The standard InChI is InChI=1S/C12H14N4O5/c13-10-5-1-2-7(18)16(11(5)15-4-14-10)12-9(20)8(19)6(3-17)21-12/h1-2,4,6,8-9,12,17,19-20H,3H2,(H2,13,14,15). The van der Waals surface area contributed by atoms with E-state index in [4.69, 9.17) is 15.6 Å². The lowest BCUT2D eigenvalue weighted by Gasteiger charge is -2.19. The van der Waals surface area contributed by atoms with Gasteiger partial charge in [-0.05, 0) is 6.07 Å². The molecule has 0 radical (unpaired) electrons. The Balaban J connectivity index is 2.19. The predicted molar refractivity (Wildman–Crippen MR) is 71.2 cm³/mol. The van der Waals surface area contributed by atoms with Gasteiger partial charge in [-0.1, -0.05) is 0 Å². The van der Waals surface area contributed by atoms with E-state index in [1.54, 1.807) is 0 Å². The van der Waals surface area contributed by atoms with Crippen molar-refractivity contribution >= 4 is 16.9 Å². The van der Waals surface area contributed by atoms with Crippen LogP contribution in [0.25, 0.3) is 11.0 Å². The van der Waals surface area contributed by atoms with Crippen LogP contribution in [0.4, 0.5) is 5.82 Å². The second kappa shape index (κ2) is 5.04. The van der Waals surface area contributed by atoms with Crippen LogP contribution >= 0.6 is 0 Å². The molecule has 9 heteroatoms. The van der Waals surface area contributed by atoms with Crippen molar-refractivity contribution < 1.29 is 20.1 Å². The average Bonchev–Trinajstić information content (AvgIpc) is 2.75. The molecular weight excluding hydrogens is 280 g/mol. The zero-order valence-corrected chi connectivity index (χ0v) is 10.8. The van der Waals surface area contributed by atoms with Crippen LogP contribution in [0, 0.1) is 0 Å². The number of nitrogen functional groups attached to an aromatic ring is 1. The lowest BCUT2D eigenvalue weighted by atomic mass is 10.1. The molecule has 1 aliphatic rings. The van der Waals surface area contributed by atoms with Crippen LogP contribution in [0.3, 0.4) is 0 Å². The molecule has 1 fully saturated rings. The maximum atomic E-state index is 12.1. The number of aromatic nitrogens is 3. The van der Waals surface area contributed by atoms with Gasteiger partial charge in [-0.15, -0.1) is 0 Å². The molecule has 1 aliphatic heterocycles. The second-order valence-corrected chi connectivity index (χ2v) is 4.77. The Hall–Kier alpha value is -2.07. The third-order valence-electron chi connectivity index (χ3n) is 3.52. The molecule has 1 saturated heterocycles. The molecule has 0 bridgehead atoms. The molecular formula is C12H14N4O5. The van der Waals surface area contributed by atoms with Crippen LogP contribution in [0.2, 0.25) is 0 Å². The zero-order chi connectivity index (χ0) is 15.1. The van der Waals surface area contributed by atoms with Crippen molar-refractivity contribution in [3.8, 4) is 0 Å². The van der Waals surface area contributed by atoms with E-state index in [1.165, 1.54) is 18.5 Å². The summed E-state index contributed by atoms with van der Waals surface area (Å²) in [5.41, 5.74) is 5.44. The molecule has 0 amide bonds. The lowest BCUT2D eigenvalue weighted by Crippen LogP contribution is -2.35. The number of pyridine rings is 1. The smallest absolute Gasteiger partial charge is 0.254 e. The highest BCUT2D eigenvalue weighted by molar-refractivity contribution is 5.85. The van der Waals surface area contributed by atoms with Gasteiger partial charge in [0.05, 0.1) is 12.0 Å². The summed E-state index contributed by atoms with van der Waals surface area (Å²) < 4.78 is 6.46. The molecule has 0 aromatic carbocycles. The highest BCUT2D eigenvalue weighted by Gasteiger charge is 2.44. The van der Waals surface area contributed by atoms with E-state index in [0.29, 0.717) is 5.39 Å². The molecule has 4 atom stereocenters. The summed E-state index contributed by atoms with van der Waals surface area (Å²) in [7, 11) is 0. The minimum absolute atomic E-state index is 0.181. The summed E-state index contributed by atoms with van der Waals surface area (Å²) in [5, 5.41) is 29.4. The van der Waals surface area contributed by atoms with Crippen LogP contribution in [0.1, 0.15) is 6.23 Å². The van der Waals surface area contributed by atoms with E-state index in [0.717, 1.165) is 4.57 Å². The molecule has 9 nitrogen and oxygen atoms in total. The van der Waals surface area contributed by atoms with Gasteiger partial charge in [-0.3, -0.25) is 9.36 Å². The first-order valence-electron chi connectivity index (χ1n) is 6.28.